The van der Waals surface area contributed by atoms with Crippen LogP contribution in [0, 0.1) is 11.8 Å². The predicted octanol–water partition coefficient (Wildman–Crippen LogP) is 3.38. The van der Waals surface area contributed by atoms with Crippen molar-refractivity contribution in [3.8, 4) is 5.75 Å². The average molecular weight is 473 g/mol. The van der Waals surface area contributed by atoms with E-state index in [4.69, 9.17) is 9.15 Å². The SMILES string of the molecule is O=c1cc(CN2Cc3ccccc3C2)occ1OCC1CCC(CN2CCCS2(=O)=O)CC1. The van der Waals surface area contributed by atoms with E-state index >= 15 is 0 Å². The van der Waals surface area contributed by atoms with E-state index in [2.05, 4.69) is 29.2 Å². The molecule has 0 spiro atoms. The van der Waals surface area contributed by atoms with Crippen molar-refractivity contribution < 1.29 is 17.6 Å². The first-order valence-electron chi connectivity index (χ1n) is 12.0. The third-order valence-corrected chi connectivity index (χ3v) is 9.17. The summed E-state index contributed by atoms with van der Waals surface area (Å²) < 4.78 is 37.3. The van der Waals surface area contributed by atoms with Gasteiger partial charge in [0.25, 0.3) is 0 Å². The molecule has 7 nitrogen and oxygen atoms in total. The molecule has 2 aliphatic heterocycles. The van der Waals surface area contributed by atoms with Crippen molar-refractivity contribution >= 4 is 10.0 Å². The van der Waals surface area contributed by atoms with Gasteiger partial charge in [-0.3, -0.25) is 9.69 Å². The van der Waals surface area contributed by atoms with Gasteiger partial charge in [-0.1, -0.05) is 24.3 Å². The second kappa shape index (κ2) is 9.60. The molecule has 178 valence electrons. The van der Waals surface area contributed by atoms with Gasteiger partial charge in [0, 0.05) is 32.2 Å². The molecule has 1 aromatic heterocycles. The number of hydrogen-bond donors (Lipinski definition) is 0. The van der Waals surface area contributed by atoms with Gasteiger partial charge in [-0.2, -0.15) is 0 Å². The molecule has 1 aliphatic carbocycles. The van der Waals surface area contributed by atoms with Gasteiger partial charge < -0.3 is 9.15 Å². The molecule has 2 fully saturated rings. The summed E-state index contributed by atoms with van der Waals surface area (Å²) in [5.41, 5.74) is 2.52. The van der Waals surface area contributed by atoms with E-state index in [9.17, 15) is 13.2 Å². The molecule has 0 radical (unpaired) electrons. The fourth-order valence-electron chi connectivity index (χ4n) is 5.34. The van der Waals surface area contributed by atoms with Crippen LogP contribution < -0.4 is 10.2 Å². The summed E-state index contributed by atoms with van der Waals surface area (Å²) in [5.74, 6) is 2.03. The summed E-state index contributed by atoms with van der Waals surface area (Å²) in [4.78, 5) is 14.8. The molecule has 3 aliphatic rings. The molecule has 5 rings (SSSR count). The van der Waals surface area contributed by atoms with E-state index < -0.39 is 10.0 Å². The molecule has 8 heteroatoms. The number of nitrogens with zero attached hydrogens (tertiary/aromatic N) is 2. The van der Waals surface area contributed by atoms with Crippen molar-refractivity contribution in [2.45, 2.75) is 51.7 Å². The number of hydrogen-bond acceptors (Lipinski definition) is 6. The molecule has 33 heavy (non-hydrogen) atoms. The van der Waals surface area contributed by atoms with E-state index in [0.717, 1.165) is 45.2 Å². The third kappa shape index (κ3) is 5.34. The Kier molecular flexibility index (Phi) is 6.58. The maximum absolute atomic E-state index is 12.5. The highest BCUT2D eigenvalue weighted by atomic mass is 32.2. The molecular weight excluding hydrogens is 440 g/mol. The van der Waals surface area contributed by atoms with Crippen molar-refractivity contribution in [3.63, 3.8) is 0 Å². The quantitative estimate of drug-likeness (QED) is 0.615. The van der Waals surface area contributed by atoms with Crippen molar-refractivity contribution in [2.24, 2.45) is 11.8 Å². The first-order valence-corrected chi connectivity index (χ1v) is 13.6. The minimum absolute atomic E-state index is 0.138. The molecule has 0 unspecified atom stereocenters. The number of fused-ring (bicyclic) bond motifs is 1. The molecule has 2 aromatic rings. The highest BCUT2D eigenvalue weighted by Crippen LogP contribution is 2.31. The van der Waals surface area contributed by atoms with Crippen LogP contribution >= 0.6 is 0 Å². The van der Waals surface area contributed by atoms with Gasteiger partial charge in [0.15, 0.2) is 0 Å². The van der Waals surface area contributed by atoms with Crippen LogP contribution in [0.15, 0.2) is 45.8 Å². The molecule has 0 bridgehead atoms. The van der Waals surface area contributed by atoms with Crippen LogP contribution in [0.4, 0.5) is 0 Å². The lowest BCUT2D eigenvalue weighted by Crippen LogP contribution is -2.33. The van der Waals surface area contributed by atoms with E-state index in [1.807, 2.05) is 0 Å². The van der Waals surface area contributed by atoms with Crippen molar-refractivity contribution in [2.75, 3.05) is 25.4 Å². The summed E-state index contributed by atoms with van der Waals surface area (Å²) in [6, 6.07) is 9.94. The largest absolute Gasteiger partial charge is 0.486 e. The predicted molar refractivity (Wildman–Crippen MR) is 125 cm³/mol. The minimum atomic E-state index is -3.02. The molecule has 1 saturated carbocycles. The highest BCUT2D eigenvalue weighted by molar-refractivity contribution is 7.89. The second-order valence-corrected chi connectivity index (χ2v) is 11.8. The van der Waals surface area contributed by atoms with Crippen LogP contribution in [0.2, 0.25) is 0 Å². The van der Waals surface area contributed by atoms with Crippen LogP contribution in [0.3, 0.4) is 0 Å². The fourth-order valence-corrected chi connectivity index (χ4v) is 6.93. The van der Waals surface area contributed by atoms with E-state index in [1.54, 1.807) is 10.4 Å². The topological polar surface area (TPSA) is 80.1 Å². The summed E-state index contributed by atoms with van der Waals surface area (Å²) in [6.07, 6.45) is 6.20. The van der Waals surface area contributed by atoms with Gasteiger partial charge in [-0.05, 0) is 55.1 Å². The van der Waals surface area contributed by atoms with Crippen LogP contribution in [-0.4, -0.2) is 43.1 Å². The number of rotatable bonds is 7. The zero-order valence-corrected chi connectivity index (χ0v) is 19.8. The number of ether oxygens (including phenoxy) is 1. The number of benzene rings is 1. The average Bonchev–Trinajstić information content (AvgIpc) is 3.36. The lowest BCUT2D eigenvalue weighted by molar-refractivity contribution is 0.168. The maximum Gasteiger partial charge on any atom is 0.227 e. The maximum atomic E-state index is 12.5. The lowest BCUT2D eigenvalue weighted by atomic mass is 9.82. The molecular formula is C25H32N2O5S. The minimum Gasteiger partial charge on any atom is -0.486 e. The summed E-state index contributed by atoms with van der Waals surface area (Å²) in [6.45, 7) is 4.15. The smallest absolute Gasteiger partial charge is 0.227 e. The molecule has 3 heterocycles. The van der Waals surface area contributed by atoms with Crippen LogP contribution in [-0.2, 0) is 29.7 Å². The van der Waals surface area contributed by atoms with Crippen LogP contribution in [0.5, 0.6) is 5.75 Å². The van der Waals surface area contributed by atoms with Gasteiger partial charge in [0.05, 0.1) is 18.9 Å². The van der Waals surface area contributed by atoms with Gasteiger partial charge in [0.1, 0.15) is 12.0 Å². The lowest BCUT2D eigenvalue weighted by Gasteiger charge is -2.30. The Bertz CT molecular complexity index is 1110. The van der Waals surface area contributed by atoms with Crippen LogP contribution in [0.25, 0.3) is 0 Å². The summed E-state index contributed by atoms with van der Waals surface area (Å²) in [7, 11) is -3.02. The van der Waals surface area contributed by atoms with Crippen molar-refractivity contribution in [1.82, 2.24) is 9.21 Å². The number of sulfonamides is 1. The van der Waals surface area contributed by atoms with Crippen LogP contribution in [0.1, 0.15) is 49.0 Å². The molecule has 0 amide bonds. The third-order valence-electron chi connectivity index (χ3n) is 7.24. The van der Waals surface area contributed by atoms with E-state index in [0.29, 0.717) is 49.6 Å². The van der Waals surface area contributed by atoms with Crippen molar-refractivity contribution in [1.29, 1.82) is 0 Å². The normalized spacial score (nSPS) is 25.2. The van der Waals surface area contributed by atoms with Gasteiger partial charge in [-0.15, -0.1) is 0 Å². The Morgan fingerprint density at radius 1 is 1.03 bits per heavy atom. The monoisotopic (exact) mass is 472 g/mol. The molecule has 1 saturated heterocycles. The van der Waals surface area contributed by atoms with Crippen molar-refractivity contribution in [3.05, 3.63) is 63.7 Å². The zero-order chi connectivity index (χ0) is 22.8. The Balaban J connectivity index is 1.08. The molecule has 0 N–H and O–H groups in total. The summed E-state index contributed by atoms with van der Waals surface area (Å²) >= 11 is 0. The Labute approximate surface area is 195 Å². The van der Waals surface area contributed by atoms with Gasteiger partial charge in [0.2, 0.25) is 21.2 Å². The fraction of sp³-hybridized carbons (Fsp3) is 0.560. The molecule has 1 aromatic carbocycles. The zero-order valence-electron chi connectivity index (χ0n) is 18.9. The Morgan fingerprint density at radius 3 is 2.36 bits per heavy atom. The van der Waals surface area contributed by atoms with Gasteiger partial charge in [-0.25, -0.2) is 12.7 Å². The first-order chi connectivity index (χ1) is 16.0. The van der Waals surface area contributed by atoms with E-state index in [1.165, 1.54) is 17.4 Å². The Hall–Kier alpha value is -2.16. The second-order valence-electron chi connectivity index (χ2n) is 9.71. The first kappa shape index (κ1) is 22.6. The highest BCUT2D eigenvalue weighted by Gasteiger charge is 2.32. The Morgan fingerprint density at radius 2 is 1.73 bits per heavy atom. The summed E-state index contributed by atoms with van der Waals surface area (Å²) in [5, 5.41) is 0. The molecule has 0 atom stereocenters. The van der Waals surface area contributed by atoms with Gasteiger partial charge >= 0.3 is 0 Å². The van der Waals surface area contributed by atoms with E-state index in [-0.39, 0.29) is 11.2 Å². The standard InChI is InChI=1S/C25H32N2O5S/c28-24-12-23(16-26-14-21-4-1-2-5-22(21)15-26)31-18-25(24)32-17-20-8-6-19(7-9-20)13-27-10-3-11-33(27,29)30/h1-2,4-5,12,18-20H,3,6-11,13-17H2.